The molecular weight excluding hydrogens is 757 g/mol. The molecule has 61 heavy (non-hydrogen) atoms. The van der Waals surface area contributed by atoms with E-state index >= 15 is 0 Å². The molecule has 0 fully saturated rings. The van der Waals surface area contributed by atoms with Gasteiger partial charge in [-0.2, -0.15) is 0 Å². The van der Waals surface area contributed by atoms with Crippen molar-refractivity contribution in [2.45, 2.75) is 207 Å². The van der Waals surface area contributed by atoms with Crippen molar-refractivity contribution in [1.82, 2.24) is 0 Å². The van der Waals surface area contributed by atoms with Gasteiger partial charge in [0.2, 0.25) is 0 Å². The summed E-state index contributed by atoms with van der Waals surface area (Å²) < 4.78 is 16.7. The molecule has 0 rings (SSSR count). The fraction of sp³-hybridized carbons (Fsp3) is 0.618. The average Bonchev–Trinajstić information content (AvgIpc) is 3.26. The highest BCUT2D eigenvalue weighted by Crippen LogP contribution is 2.13. The van der Waals surface area contributed by atoms with Gasteiger partial charge in [-0.3, -0.25) is 14.4 Å². The maximum absolute atomic E-state index is 12.8. The predicted octanol–water partition coefficient (Wildman–Crippen LogP) is 16.0. The predicted molar refractivity (Wildman–Crippen MR) is 260 cm³/mol. The SMILES string of the molecule is CC\C=C/C=C\C=C/C=C\C=C/CCCC(=O)OCC(COC(=O)CCCCCCCC/C=C\C=C/CCCCC)OC(=O)CCCCCCCC/C=C\C=C/CCCCC. The van der Waals surface area contributed by atoms with Crippen LogP contribution in [0.4, 0.5) is 0 Å². The first-order valence-electron chi connectivity index (χ1n) is 24.5. The van der Waals surface area contributed by atoms with Crippen LogP contribution in [0.15, 0.2) is 109 Å². The van der Waals surface area contributed by atoms with Crippen LogP contribution in [0.3, 0.4) is 0 Å². The fourth-order valence-corrected chi connectivity index (χ4v) is 6.22. The lowest BCUT2D eigenvalue weighted by Crippen LogP contribution is -2.30. The van der Waals surface area contributed by atoms with Crippen LogP contribution in [0, 0.1) is 0 Å². The Labute approximate surface area is 374 Å². The Kier molecular flexibility index (Phi) is 45.6. The van der Waals surface area contributed by atoms with Crippen LogP contribution in [0.5, 0.6) is 0 Å². The first-order chi connectivity index (χ1) is 30.0. The molecule has 6 heteroatoms. The van der Waals surface area contributed by atoms with Gasteiger partial charge in [0.15, 0.2) is 6.10 Å². The van der Waals surface area contributed by atoms with Gasteiger partial charge < -0.3 is 14.2 Å². The smallest absolute Gasteiger partial charge is 0.306 e. The van der Waals surface area contributed by atoms with Crippen molar-refractivity contribution in [3.8, 4) is 0 Å². The summed E-state index contributed by atoms with van der Waals surface area (Å²) in [5.74, 6) is -1.02. The molecule has 0 saturated heterocycles. The van der Waals surface area contributed by atoms with Gasteiger partial charge in [-0.1, -0.05) is 207 Å². The molecule has 0 aliphatic carbocycles. The fourth-order valence-electron chi connectivity index (χ4n) is 6.22. The Morgan fingerprint density at radius 2 is 0.656 bits per heavy atom. The zero-order chi connectivity index (χ0) is 44.4. The van der Waals surface area contributed by atoms with E-state index in [0.717, 1.165) is 83.5 Å². The van der Waals surface area contributed by atoms with E-state index in [4.69, 9.17) is 14.2 Å². The van der Waals surface area contributed by atoms with Gasteiger partial charge in [0.25, 0.3) is 0 Å². The van der Waals surface area contributed by atoms with Gasteiger partial charge in [0.1, 0.15) is 13.2 Å². The summed E-state index contributed by atoms with van der Waals surface area (Å²) in [6.45, 7) is 6.33. The normalized spacial score (nSPS) is 13.0. The number of allylic oxidation sites excluding steroid dienone is 18. The molecule has 1 unspecified atom stereocenters. The summed E-state index contributed by atoms with van der Waals surface area (Å²) in [4.78, 5) is 37.9. The van der Waals surface area contributed by atoms with Crippen molar-refractivity contribution in [2.75, 3.05) is 13.2 Å². The summed E-state index contributed by atoms with van der Waals surface area (Å²) >= 11 is 0. The highest BCUT2D eigenvalue weighted by atomic mass is 16.6. The molecule has 344 valence electrons. The summed E-state index contributed by atoms with van der Waals surface area (Å²) in [5, 5.41) is 0. The lowest BCUT2D eigenvalue weighted by atomic mass is 10.1. The Morgan fingerprint density at radius 3 is 1.08 bits per heavy atom. The molecule has 0 saturated carbocycles. The number of rotatable bonds is 42. The summed E-state index contributed by atoms with van der Waals surface area (Å²) in [6, 6.07) is 0. The number of unbranched alkanes of at least 4 members (excludes halogenated alkanes) is 19. The maximum Gasteiger partial charge on any atom is 0.306 e. The first-order valence-corrected chi connectivity index (χ1v) is 24.5. The minimum Gasteiger partial charge on any atom is -0.462 e. The largest absolute Gasteiger partial charge is 0.462 e. The number of esters is 3. The first kappa shape index (κ1) is 57.1. The molecular formula is C55H88O6. The van der Waals surface area contributed by atoms with Gasteiger partial charge >= 0.3 is 17.9 Å². The van der Waals surface area contributed by atoms with E-state index in [0.29, 0.717) is 19.3 Å². The number of hydrogen-bond donors (Lipinski definition) is 0. The number of carbonyl (C=O) groups excluding carboxylic acids is 3. The molecule has 0 radical (unpaired) electrons. The van der Waals surface area contributed by atoms with Crippen LogP contribution in [0.25, 0.3) is 0 Å². The quantitative estimate of drug-likeness (QED) is 0.0264. The van der Waals surface area contributed by atoms with E-state index in [1.165, 1.54) is 70.6 Å². The molecule has 0 bridgehead atoms. The molecule has 0 spiro atoms. The van der Waals surface area contributed by atoms with Crippen molar-refractivity contribution in [1.29, 1.82) is 0 Å². The maximum atomic E-state index is 12.8. The van der Waals surface area contributed by atoms with Crippen molar-refractivity contribution < 1.29 is 28.6 Å². The molecule has 0 aliphatic heterocycles. The minimum atomic E-state index is -0.819. The lowest BCUT2D eigenvalue weighted by molar-refractivity contribution is -0.167. The Hall–Kier alpha value is -3.93. The molecule has 0 aromatic heterocycles. The Morgan fingerprint density at radius 1 is 0.344 bits per heavy atom. The third kappa shape index (κ3) is 47.0. The van der Waals surface area contributed by atoms with Crippen LogP contribution in [-0.4, -0.2) is 37.2 Å². The zero-order valence-electron chi connectivity index (χ0n) is 39.1. The lowest BCUT2D eigenvalue weighted by Gasteiger charge is -2.18. The molecule has 1 atom stereocenters. The van der Waals surface area contributed by atoms with Gasteiger partial charge in [-0.25, -0.2) is 0 Å². The van der Waals surface area contributed by atoms with E-state index in [-0.39, 0.29) is 37.5 Å². The third-order valence-corrected chi connectivity index (χ3v) is 9.91. The number of carbonyl (C=O) groups is 3. The van der Waals surface area contributed by atoms with Crippen LogP contribution < -0.4 is 0 Å². The Bertz CT molecular complexity index is 1290. The van der Waals surface area contributed by atoms with E-state index in [1.54, 1.807) is 0 Å². The molecule has 6 nitrogen and oxygen atoms in total. The molecule has 0 aliphatic rings. The van der Waals surface area contributed by atoms with Crippen molar-refractivity contribution >= 4 is 17.9 Å². The number of hydrogen-bond acceptors (Lipinski definition) is 6. The zero-order valence-corrected chi connectivity index (χ0v) is 39.1. The highest BCUT2D eigenvalue weighted by Gasteiger charge is 2.19. The van der Waals surface area contributed by atoms with Gasteiger partial charge in [0.05, 0.1) is 0 Å². The van der Waals surface area contributed by atoms with Crippen molar-refractivity contribution in [3.63, 3.8) is 0 Å². The van der Waals surface area contributed by atoms with Crippen molar-refractivity contribution in [3.05, 3.63) is 109 Å². The minimum absolute atomic E-state index is 0.114. The van der Waals surface area contributed by atoms with E-state index in [1.807, 2.05) is 54.7 Å². The second kappa shape index (κ2) is 48.7. The summed E-state index contributed by atoms with van der Waals surface area (Å²) in [5.41, 5.74) is 0. The van der Waals surface area contributed by atoms with Crippen LogP contribution in [0.2, 0.25) is 0 Å². The summed E-state index contributed by atoms with van der Waals surface area (Å²) in [7, 11) is 0. The standard InChI is InChI=1S/C55H88O6/c1-4-7-10-13-16-19-22-25-27-30-33-36-39-42-45-48-54(57)60-51-52(50-59-53(56)47-44-41-38-35-32-29-24-21-18-15-12-9-6-3)61-55(58)49-46-43-40-37-34-31-28-26-23-20-17-14-11-8-5-2/h9,12,15-26,29,32,35,38,52H,4-8,10-11,13-14,27-28,30-31,33-34,36-37,39-51H2,1-3H3/b12-9-,18-15-,19-16-,20-17-,24-21-,25-22-,26-23-,32-29-,38-35-. The Balaban J connectivity index is 4.55. The molecule has 0 N–H and O–H groups in total. The van der Waals surface area contributed by atoms with E-state index in [9.17, 15) is 14.4 Å². The van der Waals surface area contributed by atoms with Crippen LogP contribution >= 0.6 is 0 Å². The molecule has 0 heterocycles. The second-order valence-electron chi connectivity index (χ2n) is 15.8. The monoisotopic (exact) mass is 845 g/mol. The molecule has 0 aromatic carbocycles. The van der Waals surface area contributed by atoms with Crippen LogP contribution in [-0.2, 0) is 28.6 Å². The van der Waals surface area contributed by atoms with Gasteiger partial charge in [-0.05, 0) is 83.5 Å². The van der Waals surface area contributed by atoms with Gasteiger partial charge in [0, 0.05) is 19.3 Å². The van der Waals surface area contributed by atoms with E-state index < -0.39 is 6.10 Å². The topological polar surface area (TPSA) is 78.9 Å². The van der Waals surface area contributed by atoms with Crippen LogP contribution in [0.1, 0.15) is 201 Å². The van der Waals surface area contributed by atoms with Gasteiger partial charge in [-0.15, -0.1) is 0 Å². The second-order valence-corrected chi connectivity index (χ2v) is 15.8. The van der Waals surface area contributed by atoms with Crippen molar-refractivity contribution in [2.24, 2.45) is 0 Å². The average molecular weight is 845 g/mol. The third-order valence-electron chi connectivity index (χ3n) is 9.91. The van der Waals surface area contributed by atoms with E-state index in [2.05, 4.69) is 75.5 Å². The molecule has 0 aromatic rings. The highest BCUT2D eigenvalue weighted by molar-refractivity contribution is 5.71. The summed E-state index contributed by atoms with van der Waals surface area (Å²) in [6.07, 6.45) is 65.0. The number of ether oxygens (including phenoxy) is 3. The molecule has 0 amide bonds.